The van der Waals surface area contributed by atoms with Crippen LogP contribution in [-0.4, -0.2) is 18.8 Å². The zero-order valence-electron chi connectivity index (χ0n) is 12.4. The van der Waals surface area contributed by atoms with E-state index in [0.717, 1.165) is 6.42 Å². The van der Waals surface area contributed by atoms with Crippen LogP contribution >= 0.6 is 0 Å². The highest BCUT2D eigenvalue weighted by Gasteiger charge is 2.26. The Morgan fingerprint density at radius 1 is 1.17 bits per heavy atom. The van der Waals surface area contributed by atoms with Gasteiger partial charge >= 0.3 is 12.1 Å². The van der Waals surface area contributed by atoms with E-state index in [4.69, 9.17) is 9.47 Å². The number of halogens is 3. The maximum absolute atomic E-state index is 12.0. The van der Waals surface area contributed by atoms with Crippen LogP contribution in [-0.2, 0) is 4.74 Å². The Labute approximate surface area is 132 Å². The lowest BCUT2D eigenvalue weighted by Gasteiger charge is -2.11. The molecule has 0 amide bonds. The number of benzene rings is 1. The number of carbonyl (C=O) groups excluding carboxylic acids is 1. The number of hydrogen-bond donors (Lipinski definition) is 0. The van der Waals surface area contributed by atoms with Crippen molar-refractivity contribution in [3.05, 3.63) is 53.8 Å². The first-order valence-corrected chi connectivity index (χ1v) is 7.31. The largest absolute Gasteiger partial charge is 0.494 e. The predicted octanol–water partition coefficient (Wildman–Crippen LogP) is 4.80. The molecule has 1 aromatic rings. The summed E-state index contributed by atoms with van der Waals surface area (Å²) in [6, 6.07) is 6.14. The van der Waals surface area contributed by atoms with Crippen LogP contribution in [0, 0.1) is 0 Å². The molecule has 1 aromatic carbocycles. The first-order chi connectivity index (χ1) is 10.9. The van der Waals surface area contributed by atoms with Gasteiger partial charge in [0.15, 0.2) is 0 Å². The molecule has 0 heterocycles. The smallest absolute Gasteiger partial charge is 0.389 e. The van der Waals surface area contributed by atoms with Crippen LogP contribution in [0.5, 0.6) is 5.75 Å². The zero-order chi connectivity index (χ0) is 16.7. The van der Waals surface area contributed by atoms with E-state index < -0.39 is 18.6 Å². The molecule has 0 saturated carbocycles. The van der Waals surface area contributed by atoms with Crippen LogP contribution in [0.3, 0.4) is 0 Å². The number of carbonyl (C=O) groups is 1. The number of alkyl halides is 3. The summed E-state index contributed by atoms with van der Waals surface area (Å²) in [5.41, 5.74) is 0.364. The Bertz CT molecular complexity index is 586. The van der Waals surface area contributed by atoms with Gasteiger partial charge in [0.2, 0.25) is 0 Å². The first kappa shape index (κ1) is 17.1. The number of esters is 1. The first-order valence-electron chi connectivity index (χ1n) is 7.31. The minimum absolute atomic E-state index is 0.0253. The molecule has 0 spiro atoms. The van der Waals surface area contributed by atoms with Crippen molar-refractivity contribution in [3.63, 3.8) is 0 Å². The second kappa shape index (κ2) is 7.85. The lowest BCUT2D eigenvalue weighted by molar-refractivity contribution is -0.136. The molecule has 1 aliphatic rings. The van der Waals surface area contributed by atoms with Gasteiger partial charge in [0.1, 0.15) is 11.5 Å². The van der Waals surface area contributed by atoms with E-state index in [1.807, 2.05) is 12.2 Å². The molecule has 0 aromatic heterocycles. The minimum atomic E-state index is -4.17. The Hall–Kier alpha value is -2.24. The molecule has 23 heavy (non-hydrogen) atoms. The van der Waals surface area contributed by atoms with Gasteiger partial charge in [-0.15, -0.1) is 0 Å². The maximum atomic E-state index is 12.0. The average Bonchev–Trinajstić information content (AvgIpc) is 2.52. The Morgan fingerprint density at radius 2 is 1.91 bits per heavy atom. The van der Waals surface area contributed by atoms with E-state index in [9.17, 15) is 18.0 Å². The van der Waals surface area contributed by atoms with Crippen molar-refractivity contribution in [3.8, 4) is 5.75 Å². The van der Waals surface area contributed by atoms with Crippen LogP contribution in [0.15, 0.2) is 48.3 Å². The third kappa shape index (κ3) is 6.18. The summed E-state index contributed by atoms with van der Waals surface area (Å²) in [5.74, 6) is 0.573. The van der Waals surface area contributed by atoms with Crippen molar-refractivity contribution in [2.24, 2.45) is 0 Å². The Balaban J connectivity index is 1.80. The second-order valence-electron chi connectivity index (χ2n) is 5.08. The second-order valence-corrected chi connectivity index (χ2v) is 5.08. The topological polar surface area (TPSA) is 35.5 Å². The van der Waals surface area contributed by atoms with Crippen molar-refractivity contribution in [1.29, 1.82) is 0 Å². The average molecular weight is 326 g/mol. The summed E-state index contributed by atoms with van der Waals surface area (Å²) >= 11 is 0. The number of rotatable bonds is 6. The van der Waals surface area contributed by atoms with Crippen LogP contribution in [0.2, 0.25) is 0 Å². The van der Waals surface area contributed by atoms with Gasteiger partial charge in [0, 0.05) is 12.8 Å². The molecular weight excluding hydrogens is 309 g/mol. The molecule has 124 valence electrons. The molecule has 0 radical (unpaired) electrons. The van der Waals surface area contributed by atoms with Gasteiger partial charge in [-0.3, -0.25) is 0 Å². The quantitative estimate of drug-likeness (QED) is 0.556. The van der Waals surface area contributed by atoms with Crippen molar-refractivity contribution >= 4 is 5.97 Å². The highest BCUT2D eigenvalue weighted by molar-refractivity contribution is 5.90. The summed E-state index contributed by atoms with van der Waals surface area (Å²) in [6.07, 6.45) is 1.95. The number of allylic oxidation sites excluding steroid dienone is 4. The Morgan fingerprint density at radius 3 is 2.52 bits per heavy atom. The molecule has 0 fully saturated rings. The van der Waals surface area contributed by atoms with E-state index in [2.05, 4.69) is 0 Å². The van der Waals surface area contributed by atoms with Crippen molar-refractivity contribution in [2.75, 3.05) is 6.61 Å². The van der Waals surface area contributed by atoms with Gasteiger partial charge in [-0.1, -0.05) is 12.2 Å². The molecule has 0 aliphatic heterocycles. The summed E-state index contributed by atoms with van der Waals surface area (Å²) in [4.78, 5) is 11.9. The fourth-order valence-electron chi connectivity index (χ4n) is 1.99. The SMILES string of the molecule is O=C(OC1=CC=CCC1)c1ccc(OCCCC(F)(F)F)cc1. The molecule has 1 aliphatic carbocycles. The number of hydrogen-bond acceptors (Lipinski definition) is 3. The molecular formula is C17H17F3O3. The van der Waals surface area contributed by atoms with E-state index >= 15 is 0 Å². The summed E-state index contributed by atoms with van der Waals surface area (Å²) in [7, 11) is 0. The van der Waals surface area contributed by atoms with Gasteiger partial charge in [-0.25, -0.2) is 4.79 Å². The molecule has 3 nitrogen and oxygen atoms in total. The van der Waals surface area contributed by atoms with Gasteiger partial charge in [0.05, 0.1) is 12.2 Å². The minimum Gasteiger partial charge on any atom is -0.494 e. The standard InChI is InChI=1S/C17H17F3O3/c18-17(19,20)11-4-12-22-14-9-7-13(8-10-14)16(21)23-15-5-2-1-3-6-15/h1-2,5,7-10H,3-4,6,11-12H2. The molecule has 0 bridgehead atoms. The van der Waals surface area contributed by atoms with E-state index in [-0.39, 0.29) is 13.0 Å². The normalized spacial score (nSPS) is 14.3. The fourth-order valence-corrected chi connectivity index (χ4v) is 1.99. The van der Waals surface area contributed by atoms with E-state index in [0.29, 0.717) is 23.5 Å². The molecule has 6 heteroatoms. The molecule has 0 saturated heterocycles. The lowest BCUT2D eigenvalue weighted by atomic mass is 10.1. The highest BCUT2D eigenvalue weighted by Crippen LogP contribution is 2.22. The lowest BCUT2D eigenvalue weighted by Crippen LogP contribution is -2.10. The van der Waals surface area contributed by atoms with Gasteiger partial charge in [-0.05, 0) is 43.2 Å². The van der Waals surface area contributed by atoms with Gasteiger partial charge < -0.3 is 9.47 Å². The van der Waals surface area contributed by atoms with Crippen LogP contribution < -0.4 is 4.74 Å². The van der Waals surface area contributed by atoms with Crippen LogP contribution in [0.25, 0.3) is 0 Å². The van der Waals surface area contributed by atoms with Gasteiger partial charge in [-0.2, -0.15) is 13.2 Å². The summed E-state index contributed by atoms with van der Waals surface area (Å²) < 4.78 is 46.5. The van der Waals surface area contributed by atoms with Crippen molar-refractivity contribution in [2.45, 2.75) is 31.9 Å². The van der Waals surface area contributed by atoms with Crippen molar-refractivity contribution < 1.29 is 27.4 Å². The van der Waals surface area contributed by atoms with Crippen molar-refractivity contribution in [1.82, 2.24) is 0 Å². The summed E-state index contributed by atoms with van der Waals surface area (Å²) in [5, 5.41) is 0. The molecule has 0 N–H and O–H groups in total. The zero-order valence-corrected chi connectivity index (χ0v) is 12.4. The molecule has 0 atom stereocenters. The monoisotopic (exact) mass is 326 g/mol. The maximum Gasteiger partial charge on any atom is 0.389 e. The van der Waals surface area contributed by atoms with Crippen LogP contribution in [0.1, 0.15) is 36.0 Å². The highest BCUT2D eigenvalue weighted by atomic mass is 19.4. The fraction of sp³-hybridized carbons (Fsp3) is 0.353. The van der Waals surface area contributed by atoms with E-state index in [1.165, 1.54) is 12.1 Å². The summed E-state index contributed by atoms with van der Waals surface area (Å²) in [6.45, 7) is -0.0253. The van der Waals surface area contributed by atoms with E-state index in [1.54, 1.807) is 18.2 Å². The molecule has 0 unspecified atom stereocenters. The molecule has 2 rings (SSSR count). The Kier molecular flexibility index (Phi) is 5.84. The third-order valence-corrected chi connectivity index (χ3v) is 3.16. The third-order valence-electron chi connectivity index (χ3n) is 3.16. The van der Waals surface area contributed by atoms with Crippen LogP contribution in [0.4, 0.5) is 13.2 Å². The predicted molar refractivity (Wildman–Crippen MR) is 79.1 cm³/mol. The number of ether oxygens (including phenoxy) is 2. The van der Waals surface area contributed by atoms with Gasteiger partial charge in [0.25, 0.3) is 0 Å².